The number of benzene rings is 2. The van der Waals surface area contributed by atoms with Gasteiger partial charge >= 0.3 is 5.97 Å². The lowest BCUT2D eigenvalue weighted by atomic mass is 9.63. The summed E-state index contributed by atoms with van der Waals surface area (Å²) in [5, 5.41) is 14.2. The summed E-state index contributed by atoms with van der Waals surface area (Å²) >= 11 is 1.65. The fraction of sp³-hybridized carbons (Fsp3) is 0.387. The lowest BCUT2D eigenvalue weighted by Gasteiger charge is -2.40. The first-order valence-electron chi connectivity index (χ1n) is 13.1. The standard InChI is InChI=1S/C31H34N2O4S/c1-30(2)14-16-31(17-15-30,28(35)36)19-26(34)22-6-4-20(5-7-22)21-8-10-23(11-9-21)32-29-33-25-13-12-24(37-3)18-27(25)38-29/h4-13,24H,14-19H2,1-3H3,(H,32,33)(H,35,36). The van der Waals surface area contributed by atoms with E-state index in [0.29, 0.717) is 18.4 Å². The minimum Gasteiger partial charge on any atom is -0.481 e. The quantitative estimate of drug-likeness (QED) is 0.295. The van der Waals surface area contributed by atoms with Gasteiger partial charge in [0.15, 0.2) is 10.9 Å². The predicted molar refractivity (Wildman–Crippen MR) is 152 cm³/mol. The van der Waals surface area contributed by atoms with Gasteiger partial charge in [0.2, 0.25) is 0 Å². The van der Waals surface area contributed by atoms with Crippen molar-refractivity contribution < 1.29 is 19.4 Å². The number of nitrogens with zero attached hydrogens (tertiary/aromatic N) is 1. The second-order valence-electron chi connectivity index (χ2n) is 11.3. The molecule has 3 aromatic rings. The van der Waals surface area contributed by atoms with Crippen LogP contribution in [-0.4, -0.2) is 35.1 Å². The van der Waals surface area contributed by atoms with Crippen molar-refractivity contribution in [2.45, 2.75) is 58.5 Å². The molecular weight excluding hydrogens is 496 g/mol. The summed E-state index contributed by atoms with van der Waals surface area (Å²) in [5.41, 5.74) is 3.74. The number of hydrogen-bond acceptors (Lipinski definition) is 6. The van der Waals surface area contributed by atoms with E-state index in [9.17, 15) is 14.7 Å². The van der Waals surface area contributed by atoms with Gasteiger partial charge in [-0.3, -0.25) is 9.59 Å². The summed E-state index contributed by atoms with van der Waals surface area (Å²) in [4.78, 5) is 31.1. The van der Waals surface area contributed by atoms with Gasteiger partial charge in [0.1, 0.15) is 0 Å². The number of aromatic nitrogens is 1. The third kappa shape index (κ3) is 5.59. The zero-order valence-electron chi connectivity index (χ0n) is 22.1. The maximum absolute atomic E-state index is 13.1. The van der Waals surface area contributed by atoms with Gasteiger partial charge in [-0.05, 0) is 60.4 Å². The molecule has 0 amide bonds. The number of Topliss-reactive ketones (excluding diaryl/α,β-unsaturated/α-hetero) is 1. The number of fused-ring (bicyclic) bond motifs is 1. The average molecular weight is 531 g/mol. The van der Waals surface area contributed by atoms with Crippen molar-refractivity contribution in [3.8, 4) is 11.1 Å². The Morgan fingerprint density at radius 1 is 1.03 bits per heavy atom. The van der Waals surface area contributed by atoms with Crippen molar-refractivity contribution in [1.82, 2.24) is 4.98 Å². The van der Waals surface area contributed by atoms with Gasteiger partial charge in [-0.25, -0.2) is 4.98 Å². The Balaban J connectivity index is 1.23. The highest BCUT2D eigenvalue weighted by Crippen LogP contribution is 2.47. The van der Waals surface area contributed by atoms with E-state index in [0.717, 1.165) is 46.9 Å². The second kappa shape index (κ2) is 10.5. The molecule has 0 spiro atoms. The molecule has 1 atom stereocenters. The van der Waals surface area contributed by atoms with Crippen LogP contribution < -0.4 is 5.32 Å². The van der Waals surface area contributed by atoms with E-state index >= 15 is 0 Å². The zero-order chi connectivity index (χ0) is 26.9. The molecule has 7 heteroatoms. The van der Waals surface area contributed by atoms with Gasteiger partial charge in [0, 0.05) is 36.1 Å². The first-order valence-corrected chi connectivity index (χ1v) is 13.9. The highest BCUT2D eigenvalue weighted by atomic mass is 32.1. The van der Waals surface area contributed by atoms with Crippen molar-refractivity contribution in [1.29, 1.82) is 0 Å². The minimum atomic E-state index is -0.952. The molecule has 0 saturated heterocycles. The third-order valence-corrected chi connectivity index (χ3v) is 9.08. The molecule has 2 aliphatic rings. The SMILES string of the molecule is COC1C=Cc2nc(Nc3ccc(-c4ccc(C(=O)CC5(C(=O)O)CCC(C)(C)CC5)cc4)cc3)sc2C1. The van der Waals surface area contributed by atoms with Crippen molar-refractivity contribution in [2.75, 3.05) is 12.4 Å². The number of ether oxygens (including phenoxy) is 1. The molecule has 5 rings (SSSR count). The van der Waals surface area contributed by atoms with Crippen LogP contribution in [0, 0.1) is 10.8 Å². The first-order chi connectivity index (χ1) is 18.2. The molecule has 0 aliphatic heterocycles. The Bertz CT molecular complexity index is 1350. The normalized spacial score (nSPS) is 19.5. The van der Waals surface area contributed by atoms with Gasteiger partial charge in [-0.2, -0.15) is 0 Å². The molecule has 1 saturated carbocycles. The van der Waals surface area contributed by atoms with E-state index in [2.05, 4.69) is 24.1 Å². The van der Waals surface area contributed by atoms with Crippen LogP contribution in [0.1, 0.15) is 66.9 Å². The smallest absolute Gasteiger partial charge is 0.310 e. The highest BCUT2D eigenvalue weighted by Gasteiger charge is 2.45. The third-order valence-electron chi connectivity index (χ3n) is 8.08. The second-order valence-corrected chi connectivity index (χ2v) is 12.4. The van der Waals surface area contributed by atoms with Crippen LogP contribution in [0.2, 0.25) is 0 Å². The Labute approximate surface area is 227 Å². The van der Waals surface area contributed by atoms with Gasteiger partial charge in [-0.1, -0.05) is 56.3 Å². The zero-order valence-corrected chi connectivity index (χ0v) is 22.9. The number of carboxylic acid groups (broad SMARTS) is 1. The molecule has 1 heterocycles. The fourth-order valence-corrected chi connectivity index (χ4v) is 6.32. The van der Waals surface area contributed by atoms with E-state index in [4.69, 9.17) is 4.74 Å². The first kappa shape index (κ1) is 26.3. The predicted octanol–water partition coefficient (Wildman–Crippen LogP) is 7.38. The molecule has 38 heavy (non-hydrogen) atoms. The number of carboxylic acids is 1. The van der Waals surface area contributed by atoms with Crippen molar-refractivity contribution >= 4 is 40.0 Å². The van der Waals surface area contributed by atoms with E-state index < -0.39 is 11.4 Å². The molecule has 1 fully saturated rings. The summed E-state index contributed by atoms with van der Waals surface area (Å²) in [6.07, 6.45) is 7.81. The topological polar surface area (TPSA) is 88.5 Å². The van der Waals surface area contributed by atoms with E-state index in [1.807, 2.05) is 60.7 Å². The Kier molecular flexibility index (Phi) is 7.25. The summed E-state index contributed by atoms with van der Waals surface area (Å²) in [5.74, 6) is -0.948. The van der Waals surface area contributed by atoms with Gasteiger partial charge in [-0.15, -0.1) is 11.3 Å². The number of rotatable bonds is 8. The molecule has 2 N–H and O–H groups in total. The van der Waals surface area contributed by atoms with Crippen LogP contribution in [0.15, 0.2) is 54.6 Å². The number of hydrogen-bond donors (Lipinski definition) is 2. The number of aliphatic carboxylic acids is 1. The number of thiazole rings is 1. The molecule has 1 unspecified atom stereocenters. The van der Waals surface area contributed by atoms with Gasteiger partial charge in [0.25, 0.3) is 0 Å². The monoisotopic (exact) mass is 530 g/mol. The summed E-state index contributed by atoms with van der Waals surface area (Å²) in [6, 6.07) is 15.6. The van der Waals surface area contributed by atoms with Crippen molar-refractivity contribution in [3.63, 3.8) is 0 Å². The molecule has 2 aliphatic carbocycles. The summed E-state index contributed by atoms with van der Waals surface area (Å²) in [7, 11) is 1.72. The summed E-state index contributed by atoms with van der Waals surface area (Å²) in [6.45, 7) is 4.34. The minimum absolute atomic E-state index is 0.0558. The lowest BCUT2D eigenvalue weighted by Crippen LogP contribution is -2.39. The maximum Gasteiger partial charge on any atom is 0.310 e. The Hall–Kier alpha value is -3.29. The van der Waals surface area contributed by atoms with Crippen molar-refractivity contribution in [3.05, 3.63) is 70.7 Å². The Morgan fingerprint density at radius 3 is 2.26 bits per heavy atom. The largest absolute Gasteiger partial charge is 0.481 e. The molecule has 2 aromatic carbocycles. The number of carbonyl (C=O) groups is 2. The van der Waals surface area contributed by atoms with Crippen LogP contribution in [0.4, 0.5) is 10.8 Å². The Morgan fingerprint density at radius 2 is 1.66 bits per heavy atom. The summed E-state index contributed by atoms with van der Waals surface area (Å²) < 4.78 is 5.44. The lowest BCUT2D eigenvalue weighted by molar-refractivity contribution is -0.152. The van der Waals surface area contributed by atoms with Crippen LogP contribution in [0.25, 0.3) is 17.2 Å². The molecule has 6 nitrogen and oxygen atoms in total. The van der Waals surface area contributed by atoms with E-state index in [-0.39, 0.29) is 23.7 Å². The number of carbonyl (C=O) groups excluding carboxylic acids is 1. The van der Waals surface area contributed by atoms with E-state index in [1.165, 1.54) is 4.88 Å². The van der Waals surface area contributed by atoms with Gasteiger partial charge in [0.05, 0.1) is 17.2 Å². The van der Waals surface area contributed by atoms with E-state index in [1.54, 1.807) is 18.4 Å². The molecule has 0 radical (unpaired) electrons. The van der Waals surface area contributed by atoms with Crippen LogP contribution >= 0.6 is 11.3 Å². The molecular formula is C31H34N2O4S. The van der Waals surface area contributed by atoms with Crippen LogP contribution in [-0.2, 0) is 16.0 Å². The number of ketones is 1. The van der Waals surface area contributed by atoms with Crippen molar-refractivity contribution in [2.24, 2.45) is 10.8 Å². The molecule has 0 bridgehead atoms. The van der Waals surface area contributed by atoms with Gasteiger partial charge < -0.3 is 15.2 Å². The average Bonchev–Trinajstić information content (AvgIpc) is 3.31. The highest BCUT2D eigenvalue weighted by molar-refractivity contribution is 7.15. The number of nitrogens with one attached hydrogen (secondary N) is 1. The molecule has 198 valence electrons. The van der Waals surface area contributed by atoms with Crippen LogP contribution in [0.5, 0.6) is 0 Å². The fourth-order valence-electron chi connectivity index (χ4n) is 5.30. The molecule has 1 aromatic heterocycles. The number of methoxy groups -OCH3 is 1. The van der Waals surface area contributed by atoms with Crippen LogP contribution in [0.3, 0.4) is 0 Å². The maximum atomic E-state index is 13.1. The number of anilines is 2.